The first kappa shape index (κ1) is 19.1. The van der Waals surface area contributed by atoms with Crippen molar-refractivity contribution in [1.82, 2.24) is 4.90 Å². The molecule has 1 heterocycles. The van der Waals surface area contributed by atoms with Crippen molar-refractivity contribution in [3.05, 3.63) is 29.3 Å². The number of piperidine rings is 1. The third-order valence-corrected chi connectivity index (χ3v) is 5.98. The minimum absolute atomic E-state index is 0.394. The molecule has 1 aromatic rings. The van der Waals surface area contributed by atoms with E-state index in [0.29, 0.717) is 12.0 Å². The van der Waals surface area contributed by atoms with Crippen LogP contribution in [0.25, 0.3) is 0 Å². The summed E-state index contributed by atoms with van der Waals surface area (Å²) in [5.41, 5.74) is 0. The summed E-state index contributed by atoms with van der Waals surface area (Å²) >= 11 is 7.95. The van der Waals surface area contributed by atoms with Gasteiger partial charge in [-0.25, -0.2) is 0 Å². The van der Waals surface area contributed by atoms with Gasteiger partial charge in [-0.2, -0.15) is 0 Å². The zero-order valence-corrected chi connectivity index (χ0v) is 16.0. The van der Waals surface area contributed by atoms with Gasteiger partial charge in [0.25, 0.3) is 0 Å². The second kappa shape index (κ2) is 10.6. The Labute approximate surface area is 150 Å². The zero-order valence-electron chi connectivity index (χ0n) is 14.5. The molecule has 2 atom stereocenters. The lowest BCUT2D eigenvalue weighted by Gasteiger charge is -2.38. The first-order chi connectivity index (χ1) is 11.2. The normalized spacial score (nSPS) is 22.4. The summed E-state index contributed by atoms with van der Waals surface area (Å²) in [5.74, 6) is 1.83. The lowest BCUT2D eigenvalue weighted by Crippen LogP contribution is -2.45. The van der Waals surface area contributed by atoms with E-state index in [1.165, 1.54) is 50.1 Å². The minimum atomic E-state index is 0.394. The number of benzene rings is 1. The van der Waals surface area contributed by atoms with Crippen molar-refractivity contribution in [2.45, 2.75) is 50.0 Å². The van der Waals surface area contributed by atoms with Gasteiger partial charge in [0.15, 0.2) is 0 Å². The van der Waals surface area contributed by atoms with Crippen molar-refractivity contribution in [3.63, 3.8) is 0 Å². The van der Waals surface area contributed by atoms with E-state index < -0.39 is 0 Å². The standard InChI is InChI=1S/C19H30ClNOS/c1-3-4-5-11-21-12-9-16(19(15-21)22-2)10-13-23-18-8-6-7-17(20)14-18/h6-8,14,16,19H,3-5,9-13,15H2,1-2H3/t16-,19+/m1/s1. The van der Waals surface area contributed by atoms with Crippen LogP contribution in [0, 0.1) is 5.92 Å². The van der Waals surface area contributed by atoms with Crippen LogP contribution in [-0.4, -0.2) is 43.5 Å². The average molecular weight is 356 g/mol. The zero-order chi connectivity index (χ0) is 16.5. The van der Waals surface area contributed by atoms with Crippen LogP contribution in [0.1, 0.15) is 39.0 Å². The van der Waals surface area contributed by atoms with Crippen LogP contribution < -0.4 is 0 Å². The van der Waals surface area contributed by atoms with Crippen molar-refractivity contribution < 1.29 is 4.74 Å². The van der Waals surface area contributed by atoms with Crippen LogP contribution in [0.5, 0.6) is 0 Å². The van der Waals surface area contributed by atoms with E-state index in [9.17, 15) is 0 Å². The number of unbranched alkanes of at least 4 members (excludes halogenated alkanes) is 2. The number of thioether (sulfide) groups is 1. The predicted molar refractivity (Wildman–Crippen MR) is 102 cm³/mol. The van der Waals surface area contributed by atoms with E-state index in [2.05, 4.69) is 24.0 Å². The molecular weight excluding hydrogens is 326 g/mol. The Bertz CT molecular complexity index is 457. The molecule has 0 radical (unpaired) electrons. The fraction of sp³-hybridized carbons (Fsp3) is 0.684. The van der Waals surface area contributed by atoms with Gasteiger partial charge in [-0.05, 0) is 62.2 Å². The fourth-order valence-electron chi connectivity index (χ4n) is 3.30. The third-order valence-electron chi connectivity index (χ3n) is 4.71. The lowest BCUT2D eigenvalue weighted by molar-refractivity contribution is -0.0123. The molecule has 23 heavy (non-hydrogen) atoms. The molecule has 0 N–H and O–H groups in total. The molecule has 0 unspecified atom stereocenters. The molecule has 0 aromatic heterocycles. The van der Waals surface area contributed by atoms with Crippen LogP contribution in [-0.2, 0) is 4.74 Å². The molecule has 1 aliphatic rings. The Hall–Kier alpha value is -0.220. The van der Waals surface area contributed by atoms with Crippen LogP contribution in [0.3, 0.4) is 0 Å². The molecule has 0 spiro atoms. The van der Waals surface area contributed by atoms with Gasteiger partial charge in [-0.15, -0.1) is 11.8 Å². The van der Waals surface area contributed by atoms with Crippen molar-refractivity contribution in [1.29, 1.82) is 0 Å². The van der Waals surface area contributed by atoms with Gasteiger partial charge in [-0.3, -0.25) is 0 Å². The predicted octanol–water partition coefficient (Wildman–Crippen LogP) is 5.35. The number of methoxy groups -OCH3 is 1. The Morgan fingerprint density at radius 2 is 2.22 bits per heavy atom. The van der Waals surface area contributed by atoms with Crippen molar-refractivity contribution in [2.24, 2.45) is 5.92 Å². The molecule has 0 saturated carbocycles. The Morgan fingerprint density at radius 1 is 1.35 bits per heavy atom. The molecule has 0 bridgehead atoms. The summed E-state index contributed by atoms with van der Waals surface area (Å²) in [5, 5.41) is 0.824. The fourth-order valence-corrected chi connectivity index (χ4v) is 4.60. The van der Waals surface area contributed by atoms with Gasteiger partial charge in [-0.1, -0.05) is 37.4 Å². The van der Waals surface area contributed by atoms with Crippen LogP contribution in [0.15, 0.2) is 29.2 Å². The highest BCUT2D eigenvalue weighted by molar-refractivity contribution is 7.99. The maximum atomic E-state index is 6.05. The topological polar surface area (TPSA) is 12.5 Å². The maximum Gasteiger partial charge on any atom is 0.0727 e. The number of nitrogens with zero attached hydrogens (tertiary/aromatic N) is 1. The molecule has 2 rings (SSSR count). The highest BCUT2D eigenvalue weighted by Crippen LogP contribution is 2.28. The van der Waals surface area contributed by atoms with Crippen molar-refractivity contribution >= 4 is 23.4 Å². The summed E-state index contributed by atoms with van der Waals surface area (Å²) in [7, 11) is 1.87. The number of hydrogen-bond donors (Lipinski definition) is 0. The smallest absolute Gasteiger partial charge is 0.0727 e. The molecule has 130 valence electrons. The van der Waals surface area contributed by atoms with Crippen LogP contribution in [0.2, 0.25) is 5.02 Å². The molecule has 2 nitrogen and oxygen atoms in total. The summed E-state index contributed by atoms with van der Waals surface area (Å²) < 4.78 is 5.79. The number of rotatable bonds is 9. The number of likely N-dealkylation sites (tertiary alicyclic amines) is 1. The molecule has 1 fully saturated rings. The first-order valence-corrected chi connectivity index (χ1v) is 10.2. The number of hydrogen-bond acceptors (Lipinski definition) is 3. The van der Waals surface area contributed by atoms with E-state index in [-0.39, 0.29) is 0 Å². The maximum absolute atomic E-state index is 6.05. The van der Waals surface area contributed by atoms with Gasteiger partial charge in [0, 0.05) is 23.6 Å². The van der Waals surface area contributed by atoms with E-state index in [1.54, 1.807) is 0 Å². The van der Waals surface area contributed by atoms with Gasteiger partial charge < -0.3 is 9.64 Å². The number of halogens is 1. The molecule has 1 saturated heterocycles. The molecular formula is C19H30ClNOS. The van der Waals surface area contributed by atoms with Crippen molar-refractivity contribution in [2.75, 3.05) is 32.5 Å². The monoisotopic (exact) mass is 355 g/mol. The highest BCUT2D eigenvalue weighted by atomic mass is 35.5. The van der Waals surface area contributed by atoms with Gasteiger partial charge in [0.2, 0.25) is 0 Å². The summed E-state index contributed by atoms with van der Waals surface area (Å²) in [6.45, 7) is 5.84. The third kappa shape index (κ3) is 6.66. The molecule has 0 amide bonds. The minimum Gasteiger partial charge on any atom is -0.380 e. The van der Waals surface area contributed by atoms with Gasteiger partial charge >= 0.3 is 0 Å². The SMILES string of the molecule is CCCCCN1CC[C@H](CCSc2cccc(Cl)c2)[C@@H](OC)C1. The Kier molecular flexibility index (Phi) is 8.81. The second-order valence-electron chi connectivity index (χ2n) is 6.43. The summed E-state index contributed by atoms with van der Waals surface area (Å²) in [6, 6.07) is 8.15. The van der Waals surface area contributed by atoms with Crippen molar-refractivity contribution in [3.8, 4) is 0 Å². The van der Waals surface area contributed by atoms with Gasteiger partial charge in [0.05, 0.1) is 6.10 Å². The molecule has 0 aliphatic carbocycles. The highest BCUT2D eigenvalue weighted by Gasteiger charge is 2.28. The van der Waals surface area contributed by atoms with Gasteiger partial charge in [0.1, 0.15) is 0 Å². The van der Waals surface area contributed by atoms with Crippen LogP contribution >= 0.6 is 23.4 Å². The number of ether oxygens (including phenoxy) is 1. The van der Waals surface area contributed by atoms with Crippen LogP contribution in [0.4, 0.5) is 0 Å². The summed E-state index contributed by atoms with van der Waals surface area (Å²) in [4.78, 5) is 3.85. The lowest BCUT2D eigenvalue weighted by atomic mass is 9.91. The van der Waals surface area contributed by atoms with E-state index in [1.807, 2.05) is 31.0 Å². The molecule has 1 aliphatic heterocycles. The largest absolute Gasteiger partial charge is 0.380 e. The second-order valence-corrected chi connectivity index (χ2v) is 8.03. The van der Waals surface area contributed by atoms with E-state index in [4.69, 9.17) is 16.3 Å². The quantitative estimate of drug-likeness (QED) is 0.437. The summed E-state index contributed by atoms with van der Waals surface area (Å²) in [6.07, 6.45) is 6.84. The van der Waals surface area contributed by atoms with E-state index in [0.717, 1.165) is 17.3 Å². The Morgan fingerprint density at radius 3 is 2.96 bits per heavy atom. The first-order valence-electron chi connectivity index (χ1n) is 8.86. The van der Waals surface area contributed by atoms with E-state index >= 15 is 0 Å². The molecule has 4 heteroatoms. The Balaban J connectivity index is 1.72. The molecule has 1 aromatic carbocycles. The average Bonchev–Trinajstić information content (AvgIpc) is 2.56.